The van der Waals surface area contributed by atoms with Crippen molar-refractivity contribution in [2.75, 3.05) is 6.61 Å². The highest BCUT2D eigenvalue weighted by Gasteiger charge is 2.19. The van der Waals surface area contributed by atoms with E-state index in [4.69, 9.17) is 4.74 Å². The molecule has 0 spiro atoms. The average Bonchev–Trinajstić information content (AvgIpc) is 3.21. The Morgan fingerprint density at radius 1 is 1.42 bits per heavy atom. The fourth-order valence-corrected chi connectivity index (χ4v) is 2.51. The molecule has 0 fully saturated rings. The summed E-state index contributed by atoms with van der Waals surface area (Å²) in [4.78, 5) is 10.5. The smallest absolute Gasteiger partial charge is 0.289 e. The van der Waals surface area contributed by atoms with Crippen LogP contribution in [0.2, 0.25) is 0 Å². The van der Waals surface area contributed by atoms with Crippen molar-refractivity contribution >= 4 is 11.2 Å². The number of fused-ring (bicyclic) bond motifs is 1. The number of hydrogen-bond donors (Lipinski definition) is 0. The molecule has 1 unspecified atom stereocenters. The molecule has 9 nitrogen and oxygen atoms in total. The highest BCUT2D eigenvalue weighted by Crippen LogP contribution is 2.31. The second-order valence-corrected chi connectivity index (χ2v) is 5.09. The minimum absolute atomic E-state index is 0.0890. The molecule has 3 heterocycles. The average molecular weight is 326 g/mol. The maximum absolute atomic E-state index is 11.0. The van der Waals surface area contributed by atoms with Crippen LogP contribution >= 0.6 is 0 Å². The molecule has 0 aliphatic carbocycles. The zero-order valence-electron chi connectivity index (χ0n) is 13.1. The predicted octanol–water partition coefficient (Wildman–Crippen LogP) is 2.53. The first-order chi connectivity index (χ1) is 11.5. The molecule has 9 heteroatoms. The summed E-state index contributed by atoms with van der Waals surface area (Å²) in [5.41, 5.74) is 1.92. The van der Waals surface area contributed by atoms with Crippen LogP contribution in [0.4, 0.5) is 5.69 Å². The number of nitrogens with zero attached hydrogens (tertiary/aromatic N) is 6. The fourth-order valence-electron chi connectivity index (χ4n) is 2.51. The van der Waals surface area contributed by atoms with E-state index in [1.54, 1.807) is 17.1 Å². The summed E-state index contributed by atoms with van der Waals surface area (Å²) in [7, 11) is 0. The van der Waals surface area contributed by atoms with Gasteiger partial charge in [-0.1, -0.05) is 0 Å². The molecule has 0 saturated heterocycles. The van der Waals surface area contributed by atoms with E-state index in [1.165, 1.54) is 23.0 Å². The lowest BCUT2D eigenvalue weighted by molar-refractivity contribution is -0.384. The van der Waals surface area contributed by atoms with Gasteiger partial charge in [-0.2, -0.15) is 15.5 Å². The normalized spacial score (nSPS) is 12.2. The molecular weight excluding hydrogens is 312 g/mol. The molecule has 0 radical (unpaired) electrons. The second kappa shape index (κ2) is 6.10. The fraction of sp³-hybridized carbons (Fsp3) is 0.267. The quantitative estimate of drug-likeness (QED) is 0.526. The number of rotatable bonds is 5. The standard InChI is InChI=1S/C15H14N6O3/c1-3-24-10(2)19-8-12(7-17-19)15-11(5-16)6-18-20-9-13(21(22)23)4-14(15)20/h4,6-10H,3H2,1-2H3. The van der Waals surface area contributed by atoms with E-state index in [1.807, 2.05) is 13.8 Å². The van der Waals surface area contributed by atoms with E-state index in [9.17, 15) is 15.4 Å². The molecule has 0 amide bonds. The maximum Gasteiger partial charge on any atom is 0.289 e. The van der Waals surface area contributed by atoms with Gasteiger partial charge in [-0.05, 0) is 13.8 Å². The molecule has 1 atom stereocenters. The van der Waals surface area contributed by atoms with Crippen LogP contribution in [0.15, 0.2) is 30.9 Å². The maximum atomic E-state index is 11.0. The van der Waals surface area contributed by atoms with Crippen LogP contribution < -0.4 is 0 Å². The number of hydrogen-bond acceptors (Lipinski definition) is 6. The van der Waals surface area contributed by atoms with Gasteiger partial charge in [-0.25, -0.2) is 9.20 Å². The largest absolute Gasteiger partial charge is 0.357 e. The molecule has 0 N–H and O–H groups in total. The molecule has 3 aromatic rings. The third-order valence-electron chi connectivity index (χ3n) is 3.62. The third kappa shape index (κ3) is 2.59. The lowest BCUT2D eigenvalue weighted by atomic mass is 10.1. The van der Waals surface area contributed by atoms with E-state index in [2.05, 4.69) is 16.3 Å². The van der Waals surface area contributed by atoms with Crippen molar-refractivity contribution in [3.8, 4) is 17.2 Å². The first kappa shape index (κ1) is 15.6. The van der Waals surface area contributed by atoms with Crippen LogP contribution in [0.25, 0.3) is 16.6 Å². The first-order valence-corrected chi connectivity index (χ1v) is 7.27. The summed E-state index contributed by atoms with van der Waals surface area (Å²) in [6.07, 6.45) is 5.79. The minimum Gasteiger partial charge on any atom is -0.357 e. The molecule has 0 aromatic carbocycles. The SMILES string of the molecule is CCOC(C)n1cc(-c2c(C#N)cnn3cc([N+](=O)[O-])cc23)cn1. The summed E-state index contributed by atoms with van der Waals surface area (Å²) in [6, 6.07) is 3.47. The Bertz CT molecular complexity index is 952. The molecule has 0 aliphatic heterocycles. The summed E-state index contributed by atoms with van der Waals surface area (Å²) < 4.78 is 8.51. The number of ether oxygens (including phenoxy) is 1. The van der Waals surface area contributed by atoms with Crippen molar-refractivity contribution < 1.29 is 9.66 Å². The van der Waals surface area contributed by atoms with Gasteiger partial charge in [0, 0.05) is 30.0 Å². The first-order valence-electron chi connectivity index (χ1n) is 7.27. The Morgan fingerprint density at radius 2 is 2.21 bits per heavy atom. The molecule has 0 aliphatic rings. The van der Waals surface area contributed by atoms with E-state index in [0.717, 1.165) is 0 Å². The van der Waals surface area contributed by atoms with Crippen LogP contribution in [-0.4, -0.2) is 30.9 Å². The van der Waals surface area contributed by atoms with E-state index in [0.29, 0.717) is 28.8 Å². The van der Waals surface area contributed by atoms with Gasteiger partial charge in [-0.3, -0.25) is 10.1 Å². The van der Waals surface area contributed by atoms with Crippen LogP contribution in [0.5, 0.6) is 0 Å². The molecule has 24 heavy (non-hydrogen) atoms. The number of nitriles is 1. The zero-order valence-corrected chi connectivity index (χ0v) is 13.1. The molecule has 3 aromatic heterocycles. The van der Waals surface area contributed by atoms with Crippen molar-refractivity contribution in [1.29, 1.82) is 5.26 Å². The monoisotopic (exact) mass is 326 g/mol. The Hall–Kier alpha value is -3.25. The van der Waals surface area contributed by atoms with Crippen molar-refractivity contribution in [2.24, 2.45) is 0 Å². The second-order valence-electron chi connectivity index (χ2n) is 5.09. The lowest BCUT2D eigenvalue weighted by Gasteiger charge is -2.11. The van der Waals surface area contributed by atoms with Crippen LogP contribution in [0.1, 0.15) is 25.6 Å². The molecule has 0 bridgehead atoms. The van der Waals surface area contributed by atoms with Gasteiger partial charge in [0.25, 0.3) is 5.69 Å². The van der Waals surface area contributed by atoms with Crippen LogP contribution in [0, 0.1) is 21.4 Å². The number of aromatic nitrogens is 4. The minimum atomic E-state index is -0.495. The van der Waals surface area contributed by atoms with Gasteiger partial charge < -0.3 is 4.74 Å². The summed E-state index contributed by atoms with van der Waals surface area (Å²) in [5.74, 6) is 0. The van der Waals surface area contributed by atoms with Crippen molar-refractivity contribution in [3.63, 3.8) is 0 Å². The van der Waals surface area contributed by atoms with Crippen LogP contribution in [-0.2, 0) is 4.74 Å². The summed E-state index contributed by atoms with van der Waals surface area (Å²) in [5, 5.41) is 28.7. The highest BCUT2D eigenvalue weighted by molar-refractivity contribution is 5.85. The number of nitro groups is 1. The van der Waals surface area contributed by atoms with E-state index in [-0.39, 0.29) is 11.9 Å². The van der Waals surface area contributed by atoms with Gasteiger partial charge in [0.1, 0.15) is 18.5 Å². The highest BCUT2D eigenvalue weighted by atomic mass is 16.6. The topological polar surface area (TPSA) is 111 Å². The van der Waals surface area contributed by atoms with Crippen molar-refractivity contribution in [2.45, 2.75) is 20.1 Å². The van der Waals surface area contributed by atoms with Gasteiger partial charge in [0.2, 0.25) is 0 Å². The zero-order chi connectivity index (χ0) is 17.3. The molecule has 0 saturated carbocycles. The van der Waals surface area contributed by atoms with Gasteiger partial charge >= 0.3 is 0 Å². The molecule has 122 valence electrons. The Balaban J connectivity index is 2.17. The van der Waals surface area contributed by atoms with Gasteiger partial charge in [-0.15, -0.1) is 0 Å². The molecule has 3 rings (SSSR count). The van der Waals surface area contributed by atoms with Gasteiger partial charge in [0.15, 0.2) is 0 Å². The third-order valence-corrected chi connectivity index (χ3v) is 3.62. The predicted molar refractivity (Wildman–Crippen MR) is 84.1 cm³/mol. The lowest BCUT2D eigenvalue weighted by Crippen LogP contribution is -2.09. The van der Waals surface area contributed by atoms with E-state index < -0.39 is 4.92 Å². The van der Waals surface area contributed by atoms with Crippen molar-refractivity contribution in [1.82, 2.24) is 19.4 Å². The molecular formula is C15H14N6O3. The Kier molecular flexibility index (Phi) is 3.97. The summed E-state index contributed by atoms with van der Waals surface area (Å²) in [6.45, 7) is 4.29. The summed E-state index contributed by atoms with van der Waals surface area (Å²) >= 11 is 0. The Morgan fingerprint density at radius 3 is 2.88 bits per heavy atom. The van der Waals surface area contributed by atoms with Gasteiger partial charge in [0.05, 0.1) is 28.4 Å². The van der Waals surface area contributed by atoms with Crippen LogP contribution in [0.3, 0.4) is 0 Å². The Labute approximate surface area is 136 Å². The van der Waals surface area contributed by atoms with E-state index >= 15 is 0 Å². The van der Waals surface area contributed by atoms with Crippen molar-refractivity contribution in [3.05, 3.63) is 46.5 Å².